The molecule has 6 nitrogen and oxygen atoms in total. The fraction of sp³-hybridized carbons (Fsp3) is 0.400. The van der Waals surface area contributed by atoms with E-state index in [9.17, 15) is 9.90 Å². The fourth-order valence-corrected chi connectivity index (χ4v) is 3.87. The Labute approximate surface area is 182 Å². The van der Waals surface area contributed by atoms with Crippen molar-refractivity contribution in [3.8, 4) is 17.2 Å². The maximum atomic E-state index is 12.9. The molecule has 1 amide bonds. The van der Waals surface area contributed by atoms with Gasteiger partial charge >= 0.3 is 0 Å². The van der Waals surface area contributed by atoms with Crippen LogP contribution >= 0.6 is 0 Å². The minimum absolute atomic E-state index is 0.189. The number of rotatable bonds is 9. The largest absolute Gasteiger partial charge is 0.493 e. The average Bonchev–Trinajstić information content (AvgIpc) is 3.71. The van der Waals surface area contributed by atoms with Crippen molar-refractivity contribution in [2.24, 2.45) is 5.92 Å². The molecule has 5 rings (SSSR count). The third-order valence-corrected chi connectivity index (χ3v) is 6.11. The number of nitrogens with zero attached hydrogens (tertiary/aromatic N) is 1. The zero-order valence-corrected chi connectivity index (χ0v) is 17.6. The highest BCUT2D eigenvalue weighted by molar-refractivity contribution is 6.07. The number of benzene rings is 2. The van der Waals surface area contributed by atoms with Crippen molar-refractivity contribution in [3.63, 3.8) is 0 Å². The van der Waals surface area contributed by atoms with Crippen LogP contribution in [0.15, 0.2) is 54.3 Å². The molecule has 0 aromatic heterocycles. The van der Waals surface area contributed by atoms with Gasteiger partial charge in [-0.05, 0) is 73.4 Å². The first kappa shape index (κ1) is 19.9. The molecule has 162 valence electrons. The SMILES string of the molecule is COc1cc(N2CC=C(Oc3ccc(C4CC4)cc3)C2=O)ccc1OC[C@H](O)C1CC1. The molecular formula is C25H27NO5. The predicted molar refractivity (Wildman–Crippen MR) is 117 cm³/mol. The van der Waals surface area contributed by atoms with Crippen LogP contribution in [0.1, 0.15) is 37.2 Å². The summed E-state index contributed by atoms with van der Waals surface area (Å²) in [5.74, 6) is 2.92. The lowest BCUT2D eigenvalue weighted by molar-refractivity contribution is -0.116. The standard InChI is InChI=1S/C25H27NO5/c1-29-24-14-19(8-11-22(24)30-15-21(27)18-4-5-18)26-13-12-23(25(26)28)31-20-9-6-17(7-10-20)16-2-3-16/h6-12,14,16,18,21,27H,2-5,13,15H2,1H3/t21-/m0/s1. The lowest BCUT2D eigenvalue weighted by Crippen LogP contribution is -2.27. The summed E-state index contributed by atoms with van der Waals surface area (Å²) < 4.78 is 17.1. The Bertz CT molecular complexity index is 991. The van der Waals surface area contributed by atoms with E-state index in [0.29, 0.717) is 47.1 Å². The maximum Gasteiger partial charge on any atom is 0.294 e. The van der Waals surface area contributed by atoms with Crippen LogP contribution in [0.5, 0.6) is 17.2 Å². The number of carbonyl (C=O) groups is 1. The van der Waals surface area contributed by atoms with Crippen LogP contribution < -0.4 is 19.1 Å². The molecule has 3 aliphatic rings. The highest BCUT2D eigenvalue weighted by Gasteiger charge is 2.31. The minimum Gasteiger partial charge on any atom is -0.493 e. The van der Waals surface area contributed by atoms with E-state index >= 15 is 0 Å². The van der Waals surface area contributed by atoms with Crippen molar-refractivity contribution in [2.75, 3.05) is 25.2 Å². The van der Waals surface area contributed by atoms with Crippen molar-refractivity contribution in [2.45, 2.75) is 37.7 Å². The van der Waals surface area contributed by atoms with Gasteiger partial charge in [0.2, 0.25) is 0 Å². The number of carbonyl (C=O) groups excluding carboxylic acids is 1. The van der Waals surface area contributed by atoms with E-state index in [1.807, 2.05) is 18.2 Å². The molecule has 2 fully saturated rings. The average molecular weight is 421 g/mol. The normalized spacial score (nSPS) is 19.2. The summed E-state index contributed by atoms with van der Waals surface area (Å²) in [5, 5.41) is 10.0. The van der Waals surface area contributed by atoms with E-state index in [4.69, 9.17) is 14.2 Å². The molecule has 2 aromatic carbocycles. The van der Waals surface area contributed by atoms with Gasteiger partial charge in [0.15, 0.2) is 17.3 Å². The van der Waals surface area contributed by atoms with E-state index < -0.39 is 6.10 Å². The summed E-state index contributed by atoms with van der Waals surface area (Å²) in [6.45, 7) is 0.667. The number of hydrogen-bond acceptors (Lipinski definition) is 5. The first-order valence-electron chi connectivity index (χ1n) is 10.9. The number of aliphatic hydroxyl groups excluding tert-OH is 1. The van der Waals surface area contributed by atoms with Gasteiger partial charge in [-0.1, -0.05) is 12.1 Å². The van der Waals surface area contributed by atoms with Gasteiger partial charge in [-0.3, -0.25) is 4.79 Å². The molecule has 2 aliphatic carbocycles. The van der Waals surface area contributed by atoms with Crippen molar-refractivity contribution in [1.29, 1.82) is 0 Å². The van der Waals surface area contributed by atoms with Crippen LogP contribution in [0.4, 0.5) is 5.69 Å². The van der Waals surface area contributed by atoms with Crippen LogP contribution in [-0.2, 0) is 4.79 Å². The molecule has 1 aliphatic heterocycles. The number of anilines is 1. The van der Waals surface area contributed by atoms with E-state index in [0.717, 1.165) is 12.8 Å². The zero-order chi connectivity index (χ0) is 21.4. The number of aliphatic hydroxyl groups is 1. The van der Waals surface area contributed by atoms with Crippen molar-refractivity contribution in [3.05, 3.63) is 59.9 Å². The third-order valence-electron chi connectivity index (χ3n) is 6.11. The topological polar surface area (TPSA) is 68.2 Å². The second kappa shape index (κ2) is 8.27. The fourth-order valence-electron chi connectivity index (χ4n) is 3.87. The Morgan fingerprint density at radius 1 is 1.06 bits per heavy atom. The Morgan fingerprint density at radius 3 is 2.52 bits per heavy atom. The van der Waals surface area contributed by atoms with Crippen LogP contribution in [0.25, 0.3) is 0 Å². The van der Waals surface area contributed by atoms with Gasteiger partial charge < -0.3 is 24.2 Å². The Hall–Kier alpha value is -2.99. The first-order valence-corrected chi connectivity index (χ1v) is 10.9. The molecule has 0 radical (unpaired) electrons. The lowest BCUT2D eigenvalue weighted by Gasteiger charge is -2.19. The summed E-state index contributed by atoms with van der Waals surface area (Å²) in [6, 6.07) is 13.4. The van der Waals surface area contributed by atoms with E-state index in [1.54, 1.807) is 30.2 Å². The Kier molecular flexibility index (Phi) is 5.32. The minimum atomic E-state index is -0.452. The first-order chi connectivity index (χ1) is 15.1. The Balaban J connectivity index is 1.23. The highest BCUT2D eigenvalue weighted by atomic mass is 16.5. The van der Waals surface area contributed by atoms with Gasteiger partial charge in [-0.15, -0.1) is 0 Å². The number of hydrogen-bond donors (Lipinski definition) is 1. The highest BCUT2D eigenvalue weighted by Crippen LogP contribution is 2.40. The molecule has 0 unspecified atom stereocenters. The number of amides is 1. The molecular weight excluding hydrogens is 394 g/mol. The van der Waals surface area contributed by atoms with Gasteiger partial charge in [-0.25, -0.2) is 0 Å². The van der Waals surface area contributed by atoms with E-state index in [-0.39, 0.29) is 12.5 Å². The van der Waals surface area contributed by atoms with E-state index in [1.165, 1.54) is 18.4 Å². The smallest absolute Gasteiger partial charge is 0.294 e. The number of ether oxygens (including phenoxy) is 3. The van der Waals surface area contributed by atoms with Gasteiger partial charge in [-0.2, -0.15) is 0 Å². The summed E-state index contributed by atoms with van der Waals surface area (Å²) in [7, 11) is 1.56. The molecule has 0 saturated heterocycles. The molecule has 0 bridgehead atoms. The van der Waals surface area contributed by atoms with Gasteiger partial charge in [0.1, 0.15) is 12.4 Å². The molecule has 31 heavy (non-hydrogen) atoms. The van der Waals surface area contributed by atoms with Crippen LogP contribution in [0.2, 0.25) is 0 Å². The zero-order valence-electron chi connectivity index (χ0n) is 17.6. The Morgan fingerprint density at radius 2 is 1.84 bits per heavy atom. The lowest BCUT2D eigenvalue weighted by atomic mass is 10.1. The van der Waals surface area contributed by atoms with Crippen LogP contribution in [0, 0.1) is 5.92 Å². The molecule has 1 atom stereocenters. The monoisotopic (exact) mass is 421 g/mol. The van der Waals surface area contributed by atoms with Gasteiger partial charge in [0, 0.05) is 18.3 Å². The summed E-state index contributed by atoms with van der Waals surface area (Å²) >= 11 is 0. The molecule has 0 spiro atoms. The molecule has 1 N–H and O–H groups in total. The van der Waals surface area contributed by atoms with Crippen LogP contribution in [0.3, 0.4) is 0 Å². The van der Waals surface area contributed by atoms with Crippen molar-refractivity contribution in [1.82, 2.24) is 0 Å². The quantitative estimate of drug-likeness (QED) is 0.662. The second-order valence-electron chi connectivity index (χ2n) is 8.48. The summed E-state index contributed by atoms with van der Waals surface area (Å²) in [6.07, 6.45) is 5.96. The summed E-state index contributed by atoms with van der Waals surface area (Å²) in [4.78, 5) is 14.5. The summed E-state index contributed by atoms with van der Waals surface area (Å²) in [5.41, 5.74) is 2.04. The molecule has 1 heterocycles. The van der Waals surface area contributed by atoms with Crippen molar-refractivity contribution >= 4 is 11.6 Å². The third kappa shape index (κ3) is 4.39. The number of methoxy groups -OCH3 is 1. The van der Waals surface area contributed by atoms with Gasteiger partial charge in [0.25, 0.3) is 5.91 Å². The molecule has 2 aromatic rings. The van der Waals surface area contributed by atoms with Crippen LogP contribution in [-0.4, -0.2) is 37.4 Å². The van der Waals surface area contributed by atoms with Crippen molar-refractivity contribution < 1.29 is 24.1 Å². The molecule has 2 saturated carbocycles. The van der Waals surface area contributed by atoms with Gasteiger partial charge in [0.05, 0.1) is 13.2 Å². The molecule has 6 heteroatoms. The second-order valence-corrected chi connectivity index (χ2v) is 8.48. The van der Waals surface area contributed by atoms with E-state index in [2.05, 4.69) is 12.1 Å². The predicted octanol–water partition coefficient (Wildman–Crippen LogP) is 4.03. The maximum absolute atomic E-state index is 12.9.